The minimum atomic E-state index is -0.305. The summed E-state index contributed by atoms with van der Waals surface area (Å²) in [5.74, 6) is 1.66. The Morgan fingerprint density at radius 3 is 2.60 bits per heavy atom. The third-order valence-electron chi connectivity index (χ3n) is 3.24. The molecule has 0 unspecified atom stereocenters. The first-order valence-corrected chi connectivity index (χ1v) is 6.57. The highest BCUT2D eigenvalue weighted by Gasteiger charge is 2.28. The van der Waals surface area contributed by atoms with Crippen LogP contribution in [0.15, 0.2) is 22.7 Å². The molecule has 0 fully saturated rings. The molecular formula is C15H21N3O2. The minimum Gasteiger partial charge on any atom is -0.496 e. The van der Waals surface area contributed by atoms with Gasteiger partial charge in [0.1, 0.15) is 5.75 Å². The topological polar surface area (TPSA) is 74.2 Å². The molecule has 1 aromatic carbocycles. The highest BCUT2D eigenvalue weighted by Crippen LogP contribution is 2.33. The lowest BCUT2D eigenvalue weighted by molar-refractivity contribution is 0.253. The van der Waals surface area contributed by atoms with Crippen LogP contribution in [-0.2, 0) is 0 Å². The van der Waals surface area contributed by atoms with Crippen molar-refractivity contribution in [1.29, 1.82) is 0 Å². The maximum Gasteiger partial charge on any atom is 0.244 e. The Kier molecular flexibility index (Phi) is 3.81. The van der Waals surface area contributed by atoms with E-state index in [2.05, 4.69) is 10.1 Å². The summed E-state index contributed by atoms with van der Waals surface area (Å²) >= 11 is 0. The molecule has 0 radical (unpaired) electrons. The second-order valence-corrected chi connectivity index (χ2v) is 6.00. The number of rotatable bonds is 3. The molecule has 20 heavy (non-hydrogen) atoms. The van der Waals surface area contributed by atoms with Gasteiger partial charge in [0, 0.05) is 0 Å². The molecule has 1 atom stereocenters. The maximum atomic E-state index is 6.13. The normalized spacial score (nSPS) is 13.3. The van der Waals surface area contributed by atoms with Crippen LogP contribution < -0.4 is 10.5 Å². The number of ether oxygens (including phenoxy) is 1. The van der Waals surface area contributed by atoms with Crippen LogP contribution in [0.1, 0.15) is 38.3 Å². The van der Waals surface area contributed by atoms with E-state index in [1.807, 2.05) is 45.9 Å². The van der Waals surface area contributed by atoms with Crippen molar-refractivity contribution in [2.24, 2.45) is 11.1 Å². The van der Waals surface area contributed by atoms with Crippen LogP contribution in [-0.4, -0.2) is 17.3 Å². The summed E-state index contributed by atoms with van der Waals surface area (Å²) in [6.07, 6.45) is 0. The number of hydrogen-bond acceptors (Lipinski definition) is 5. The number of nitrogens with two attached hydrogens (primary N) is 1. The van der Waals surface area contributed by atoms with Crippen molar-refractivity contribution in [2.45, 2.75) is 33.7 Å². The summed E-state index contributed by atoms with van der Waals surface area (Å²) in [5.41, 5.74) is 7.90. The molecule has 1 heterocycles. The molecule has 0 aliphatic rings. The first-order chi connectivity index (χ1) is 9.32. The Morgan fingerprint density at radius 1 is 1.30 bits per heavy atom. The number of aromatic nitrogens is 2. The molecule has 2 aromatic rings. The molecule has 0 spiro atoms. The van der Waals surface area contributed by atoms with Gasteiger partial charge in [-0.2, -0.15) is 4.98 Å². The predicted molar refractivity (Wildman–Crippen MR) is 77.4 cm³/mol. The van der Waals surface area contributed by atoms with Gasteiger partial charge >= 0.3 is 0 Å². The molecule has 0 aliphatic carbocycles. The molecule has 108 valence electrons. The molecule has 2 rings (SSSR count). The van der Waals surface area contributed by atoms with Gasteiger partial charge in [0.2, 0.25) is 11.7 Å². The molecule has 0 bridgehead atoms. The average molecular weight is 275 g/mol. The van der Waals surface area contributed by atoms with E-state index in [4.69, 9.17) is 15.0 Å². The summed E-state index contributed by atoms with van der Waals surface area (Å²) in [4.78, 5) is 4.40. The standard InChI is InChI=1S/C15H21N3O2/c1-9-6-7-10(11(8-9)19-5)13-17-14(20-18-13)12(16)15(2,3)4/h6-8,12H,16H2,1-5H3/t12-/m1/s1. The first-order valence-electron chi connectivity index (χ1n) is 6.57. The number of methoxy groups -OCH3 is 1. The zero-order valence-corrected chi connectivity index (χ0v) is 12.6. The van der Waals surface area contributed by atoms with Gasteiger partial charge in [-0.1, -0.05) is 32.0 Å². The largest absolute Gasteiger partial charge is 0.496 e. The van der Waals surface area contributed by atoms with Crippen molar-refractivity contribution >= 4 is 0 Å². The molecular weight excluding hydrogens is 254 g/mol. The molecule has 0 amide bonds. The summed E-state index contributed by atoms with van der Waals surface area (Å²) in [6, 6.07) is 5.54. The van der Waals surface area contributed by atoms with Crippen molar-refractivity contribution < 1.29 is 9.26 Å². The third kappa shape index (κ3) is 2.82. The predicted octanol–water partition coefficient (Wildman–Crippen LogP) is 3.10. The van der Waals surface area contributed by atoms with Gasteiger partial charge in [0.05, 0.1) is 18.7 Å². The van der Waals surface area contributed by atoms with Gasteiger partial charge in [0.25, 0.3) is 0 Å². The van der Waals surface area contributed by atoms with Gasteiger partial charge in [0.15, 0.2) is 0 Å². The highest BCUT2D eigenvalue weighted by atomic mass is 16.5. The van der Waals surface area contributed by atoms with E-state index in [9.17, 15) is 0 Å². The smallest absolute Gasteiger partial charge is 0.244 e. The number of benzene rings is 1. The Bertz CT molecular complexity index is 599. The molecule has 5 nitrogen and oxygen atoms in total. The van der Waals surface area contributed by atoms with Crippen LogP contribution in [0.2, 0.25) is 0 Å². The SMILES string of the molecule is COc1cc(C)ccc1-c1noc([C@@H](N)C(C)(C)C)n1. The van der Waals surface area contributed by atoms with Crippen LogP contribution >= 0.6 is 0 Å². The van der Waals surface area contributed by atoms with Crippen molar-refractivity contribution in [3.05, 3.63) is 29.7 Å². The van der Waals surface area contributed by atoms with Gasteiger partial charge in [-0.25, -0.2) is 0 Å². The monoisotopic (exact) mass is 275 g/mol. The maximum absolute atomic E-state index is 6.13. The van der Waals surface area contributed by atoms with Crippen LogP contribution in [0.4, 0.5) is 0 Å². The van der Waals surface area contributed by atoms with E-state index in [0.717, 1.165) is 16.9 Å². The Labute approximate surface area is 119 Å². The minimum absolute atomic E-state index is 0.138. The van der Waals surface area contributed by atoms with Crippen LogP contribution in [0, 0.1) is 12.3 Å². The van der Waals surface area contributed by atoms with Gasteiger partial charge in [-0.05, 0) is 30.0 Å². The molecule has 0 saturated carbocycles. The molecule has 5 heteroatoms. The summed E-state index contributed by atoms with van der Waals surface area (Å²) in [5, 5.41) is 4.01. The first kappa shape index (κ1) is 14.5. The van der Waals surface area contributed by atoms with Gasteiger partial charge < -0.3 is 15.0 Å². The van der Waals surface area contributed by atoms with E-state index < -0.39 is 0 Å². The van der Waals surface area contributed by atoms with E-state index >= 15 is 0 Å². The molecule has 2 N–H and O–H groups in total. The van der Waals surface area contributed by atoms with Gasteiger partial charge in [-0.15, -0.1) is 0 Å². The van der Waals surface area contributed by atoms with E-state index in [-0.39, 0.29) is 11.5 Å². The quantitative estimate of drug-likeness (QED) is 0.931. The number of nitrogens with zero attached hydrogens (tertiary/aromatic N) is 2. The van der Waals surface area contributed by atoms with Crippen LogP contribution in [0.25, 0.3) is 11.4 Å². The zero-order chi connectivity index (χ0) is 14.9. The molecule has 0 aliphatic heterocycles. The second-order valence-electron chi connectivity index (χ2n) is 6.00. The lowest BCUT2D eigenvalue weighted by atomic mass is 9.87. The van der Waals surface area contributed by atoms with Crippen molar-refractivity contribution in [3.8, 4) is 17.1 Å². The average Bonchev–Trinajstić information content (AvgIpc) is 2.85. The summed E-state index contributed by atoms with van der Waals surface area (Å²) in [7, 11) is 1.63. The Hall–Kier alpha value is -1.88. The number of aryl methyl sites for hydroxylation is 1. The third-order valence-corrected chi connectivity index (χ3v) is 3.24. The summed E-state index contributed by atoms with van der Waals surface area (Å²) < 4.78 is 10.7. The Balaban J connectivity index is 2.39. The summed E-state index contributed by atoms with van der Waals surface area (Å²) in [6.45, 7) is 8.11. The molecule has 1 aromatic heterocycles. The lowest BCUT2D eigenvalue weighted by Gasteiger charge is -2.23. The number of hydrogen-bond donors (Lipinski definition) is 1. The fourth-order valence-corrected chi connectivity index (χ4v) is 1.82. The molecule has 0 saturated heterocycles. The highest BCUT2D eigenvalue weighted by molar-refractivity contribution is 5.64. The lowest BCUT2D eigenvalue weighted by Crippen LogP contribution is -2.26. The fourth-order valence-electron chi connectivity index (χ4n) is 1.82. The van der Waals surface area contributed by atoms with Gasteiger partial charge in [-0.3, -0.25) is 0 Å². The van der Waals surface area contributed by atoms with Crippen molar-refractivity contribution in [2.75, 3.05) is 7.11 Å². The van der Waals surface area contributed by atoms with E-state index in [0.29, 0.717) is 11.7 Å². The van der Waals surface area contributed by atoms with Crippen molar-refractivity contribution in [1.82, 2.24) is 10.1 Å². The van der Waals surface area contributed by atoms with Crippen molar-refractivity contribution in [3.63, 3.8) is 0 Å². The van der Waals surface area contributed by atoms with E-state index in [1.165, 1.54) is 0 Å². The van der Waals surface area contributed by atoms with E-state index in [1.54, 1.807) is 7.11 Å². The zero-order valence-electron chi connectivity index (χ0n) is 12.6. The van der Waals surface area contributed by atoms with Crippen LogP contribution in [0.3, 0.4) is 0 Å². The fraction of sp³-hybridized carbons (Fsp3) is 0.467. The second kappa shape index (κ2) is 5.25. The van der Waals surface area contributed by atoms with Crippen LogP contribution in [0.5, 0.6) is 5.75 Å². The Morgan fingerprint density at radius 2 is 2.00 bits per heavy atom.